The van der Waals surface area contributed by atoms with Gasteiger partial charge in [-0.05, 0) is 23.9 Å². The van der Waals surface area contributed by atoms with Gasteiger partial charge in [-0.2, -0.15) is 5.26 Å². The zero-order chi connectivity index (χ0) is 28.0. The summed E-state index contributed by atoms with van der Waals surface area (Å²) in [5.41, 5.74) is 0.674. The van der Waals surface area contributed by atoms with Gasteiger partial charge in [0.25, 0.3) is 5.91 Å². The number of benzene rings is 1. The molecule has 0 radical (unpaired) electrons. The molecular weight excluding hydrogens is 577 g/mol. The highest BCUT2D eigenvalue weighted by atomic mass is 32.5. The van der Waals surface area contributed by atoms with E-state index in [0.29, 0.717) is 5.56 Å². The van der Waals surface area contributed by atoms with E-state index in [4.69, 9.17) is 39.9 Å². The molecule has 14 nitrogen and oxygen atoms in total. The molecule has 39 heavy (non-hydrogen) atoms. The second-order valence-corrected chi connectivity index (χ2v) is 11.8. The van der Waals surface area contributed by atoms with E-state index in [1.807, 2.05) is 6.07 Å². The van der Waals surface area contributed by atoms with Crippen LogP contribution in [0.15, 0.2) is 43.0 Å². The number of carbonyl (C=O) groups is 1. The molecule has 1 aliphatic heterocycles. The monoisotopic (exact) mass is 600 g/mol. The molecule has 0 spiro atoms. The average molecular weight is 600 g/mol. The molecule has 0 saturated carbocycles. The van der Waals surface area contributed by atoms with E-state index >= 15 is 4.39 Å². The Labute approximate surface area is 227 Å². The molecule has 1 aromatic carbocycles. The third-order valence-electron chi connectivity index (χ3n) is 5.49. The van der Waals surface area contributed by atoms with Gasteiger partial charge in [0.1, 0.15) is 18.5 Å². The highest BCUT2D eigenvalue weighted by molar-refractivity contribution is 8.07. The summed E-state index contributed by atoms with van der Waals surface area (Å²) in [6.07, 6.45) is -3.65. The minimum atomic E-state index is -3.58. The van der Waals surface area contributed by atoms with Crippen molar-refractivity contribution in [3.05, 3.63) is 48.5 Å². The van der Waals surface area contributed by atoms with Crippen LogP contribution in [0.3, 0.4) is 0 Å². The lowest BCUT2D eigenvalue weighted by atomic mass is 10.1. The number of nitrogens with one attached hydrogen (secondary N) is 1. The summed E-state index contributed by atoms with van der Waals surface area (Å²) < 4.78 is 55.2. The summed E-state index contributed by atoms with van der Waals surface area (Å²) in [7, 11) is -2.32. The number of amides is 1. The molecule has 3 heterocycles. The Hall–Kier alpha value is -2.70. The SMILES string of the molecule is COP(=S)(OCCC#N)OC[C@H]1O[C@@H](n2cnc3c(NC(=O)c4ccccc4)ncnc32)[C@H](F)[C@@H]1O[PH](=O)O. The second-order valence-electron chi connectivity index (χ2n) is 7.89. The molecule has 0 aliphatic carbocycles. The van der Waals surface area contributed by atoms with Crippen LogP contribution in [0.2, 0.25) is 0 Å². The number of aromatic nitrogens is 4. The van der Waals surface area contributed by atoms with E-state index in [2.05, 4.69) is 20.3 Å². The predicted molar refractivity (Wildman–Crippen MR) is 138 cm³/mol. The average Bonchev–Trinajstić information content (AvgIpc) is 3.49. The summed E-state index contributed by atoms with van der Waals surface area (Å²) in [5.74, 6) is -0.348. The van der Waals surface area contributed by atoms with E-state index in [9.17, 15) is 14.3 Å². The third-order valence-corrected chi connectivity index (χ3v) is 8.45. The smallest absolute Gasteiger partial charge is 0.327 e. The van der Waals surface area contributed by atoms with Gasteiger partial charge in [-0.1, -0.05) is 18.2 Å². The van der Waals surface area contributed by atoms with E-state index in [0.717, 1.165) is 6.33 Å². The van der Waals surface area contributed by atoms with Crippen LogP contribution in [0.25, 0.3) is 11.2 Å². The van der Waals surface area contributed by atoms with Gasteiger partial charge < -0.3 is 33.0 Å². The highest BCUT2D eigenvalue weighted by Crippen LogP contribution is 2.50. The van der Waals surface area contributed by atoms with Crippen molar-refractivity contribution in [2.24, 2.45) is 0 Å². The molecule has 2 aromatic heterocycles. The summed E-state index contributed by atoms with van der Waals surface area (Å²) in [6, 6.07) is 10.3. The number of hydrogen-bond donors (Lipinski definition) is 2. The van der Waals surface area contributed by atoms with E-state index in [-0.39, 0.29) is 30.0 Å². The number of ether oxygens (including phenoxy) is 1. The molecule has 1 fully saturated rings. The molecule has 2 N–H and O–H groups in total. The van der Waals surface area contributed by atoms with Gasteiger partial charge in [-0.3, -0.25) is 13.9 Å². The van der Waals surface area contributed by atoms with Gasteiger partial charge in [-0.15, -0.1) is 0 Å². The van der Waals surface area contributed by atoms with Gasteiger partial charge >= 0.3 is 15.0 Å². The Bertz CT molecular complexity index is 1430. The highest BCUT2D eigenvalue weighted by Gasteiger charge is 2.49. The van der Waals surface area contributed by atoms with Crippen molar-refractivity contribution < 1.29 is 41.5 Å². The molecule has 2 unspecified atom stereocenters. The van der Waals surface area contributed by atoms with Crippen LogP contribution in [0, 0.1) is 11.3 Å². The van der Waals surface area contributed by atoms with Crippen LogP contribution in [0.4, 0.5) is 10.2 Å². The normalized spacial score (nSPS) is 23.2. The van der Waals surface area contributed by atoms with Gasteiger partial charge in [-0.25, -0.2) is 19.3 Å². The zero-order valence-electron chi connectivity index (χ0n) is 20.2. The van der Waals surface area contributed by atoms with Crippen molar-refractivity contribution in [2.45, 2.75) is 31.0 Å². The Morgan fingerprint density at radius 1 is 1.33 bits per heavy atom. The topological polar surface area (TPSA) is 180 Å². The number of carbonyl (C=O) groups excluding carboxylic acids is 1. The second kappa shape index (κ2) is 13.1. The van der Waals surface area contributed by atoms with E-state index in [1.165, 1.54) is 18.0 Å². The van der Waals surface area contributed by atoms with Crippen molar-refractivity contribution in [1.82, 2.24) is 19.5 Å². The van der Waals surface area contributed by atoms with Gasteiger partial charge in [0.05, 0.1) is 32.0 Å². The van der Waals surface area contributed by atoms with Crippen molar-refractivity contribution in [3.63, 3.8) is 0 Å². The fourth-order valence-electron chi connectivity index (χ4n) is 3.72. The number of anilines is 1. The quantitative estimate of drug-likeness (QED) is 0.229. The molecule has 0 bridgehead atoms. The molecule has 1 aliphatic rings. The molecule has 3 aromatic rings. The first-order valence-corrected chi connectivity index (χ1v) is 15.1. The van der Waals surface area contributed by atoms with Crippen LogP contribution >= 0.6 is 15.0 Å². The minimum absolute atomic E-state index is 0.0429. The third kappa shape index (κ3) is 6.90. The summed E-state index contributed by atoms with van der Waals surface area (Å²) >= 11 is 5.24. The number of nitriles is 1. The van der Waals surface area contributed by atoms with Crippen molar-refractivity contribution in [2.75, 3.05) is 25.6 Å². The summed E-state index contributed by atoms with van der Waals surface area (Å²) in [4.78, 5) is 34.4. The lowest BCUT2D eigenvalue weighted by Gasteiger charge is -2.23. The molecule has 18 heteroatoms. The standard InChI is InChI=1S/C21H23FN6O8P2S/c1-32-38(39,33-9-5-8-23)34-10-14-17(36-37(30)31)15(22)21(35-14)28-12-26-16-18(24-11-25-19(16)28)27-20(29)13-6-3-2-4-7-13/h2-4,6-7,11-12,14-15,17,21,37H,5,9-10H2,1H3,(H,30,31)(H,24,25,27,29)/t14-,15-,17-,21-,38?/m1/s1. The molecule has 4 rings (SSSR count). The van der Waals surface area contributed by atoms with E-state index in [1.54, 1.807) is 30.3 Å². The number of alkyl halides is 1. The predicted octanol–water partition coefficient (Wildman–Crippen LogP) is 2.90. The Balaban J connectivity index is 1.56. The fourth-order valence-corrected chi connectivity index (χ4v) is 5.57. The first kappa shape index (κ1) is 29.3. The Kier molecular flexibility index (Phi) is 9.84. The van der Waals surface area contributed by atoms with Gasteiger partial charge in [0.15, 0.2) is 29.4 Å². The maximum absolute atomic E-state index is 15.6. The first-order valence-electron chi connectivity index (χ1n) is 11.3. The first-order chi connectivity index (χ1) is 18.8. The summed E-state index contributed by atoms with van der Waals surface area (Å²) in [5, 5.41) is 11.3. The summed E-state index contributed by atoms with van der Waals surface area (Å²) in [6.45, 7) is -3.77. The van der Waals surface area contributed by atoms with Crippen molar-refractivity contribution in [1.29, 1.82) is 5.26 Å². The molecule has 1 saturated heterocycles. The number of fused-ring (bicyclic) bond motifs is 1. The maximum Gasteiger partial charge on any atom is 0.327 e. The number of nitrogens with zero attached hydrogens (tertiary/aromatic N) is 5. The van der Waals surface area contributed by atoms with E-state index < -0.39 is 52.1 Å². The lowest BCUT2D eigenvalue weighted by molar-refractivity contribution is -0.0420. The largest absolute Gasteiger partial charge is 0.346 e. The number of imidazole rings is 1. The van der Waals surface area contributed by atoms with Crippen LogP contribution in [-0.2, 0) is 39.2 Å². The number of hydrogen-bond acceptors (Lipinski definition) is 12. The van der Waals surface area contributed by atoms with Gasteiger partial charge in [0, 0.05) is 12.7 Å². The number of rotatable bonds is 12. The van der Waals surface area contributed by atoms with Crippen LogP contribution < -0.4 is 5.32 Å². The van der Waals surface area contributed by atoms with Crippen molar-refractivity contribution >= 4 is 49.7 Å². The van der Waals surface area contributed by atoms with Crippen LogP contribution in [-0.4, -0.2) is 69.0 Å². The van der Waals surface area contributed by atoms with Crippen LogP contribution in [0.1, 0.15) is 23.0 Å². The van der Waals surface area contributed by atoms with Gasteiger partial charge in [0.2, 0.25) is 0 Å². The minimum Gasteiger partial charge on any atom is -0.346 e. The molecular formula is C21H23FN6O8P2S. The molecule has 6 atom stereocenters. The van der Waals surface area contributed by atoms with Crippen LogP contribution in [0.5, 0.6) is 0 Å². The molecule has 208 valence electrons. The Morgan fingerprint density at radius 2 is 2.10 bits per heavy atom. The zero-order valence-corrected chi connectivity index (χ0v) is 23.0. The Morgan fingerprint density at radius 3 is 2.79 bits per heavy atom. The fraction of sp³-hybridized carbons (Fsp3) is 0.381. The molecule has 1 amide bonds. The van der Waals surface area contributed by atoms with Crippen molar-refractivity contribution in [3.8, 4) is 6.07 Å². The maximum atomic E-state index is 15.6. The number of halogens is 1. The lowest BCUT2D eigenvalue weighted by Crippen LogP contribution is -2.32.